The number of rotatable bonds is 7. The molecule has 0 aliphatic carbocycles. The van der Waals surface area contributed by atoms with Gasteiger partial charge in [-0.25, -0.2) is 0 Å². The Hall–Kier alpha value is -1.94. The van der Waals surface area contributed by atoms with Gasteiger partial charge in [0.1, 0.15) is 5.75 Å². The van der Waals surface area contributed by atoms with Gasteiger partial charge in [-0.3, -0.25) is 4.79 Å². The van der Waals surface area contributed by atoms with Crippen LogP contribution in [-0.4, -0.2) is 18.3 Å². The van der Waals surface area contributed by atoms with E-state index in [9.17, 15) is 4.79 Å². The van der Waals surface area contributed by atoms with Gasteiger partial charge in [0.2, 0.25) is 5.91 Å². The molecule has 122 valence electrons. The molecule has 1 N–H and O–H groups in total. The van der Waals surface area contributed by atoms with Crippen LogP contribution in [0.3, 0.4) is 0 Å². The van der Waals surface area contributed by atoms with Gasteiger partial charge in [0.25, 0.3) is 0 Å². The van der Waals surface area contributed by atoms with E-state index >= 15 is 0 Å². The number of carbonyl (C=O) groups excluding carboxylic acids is 1. The minimum atomic E-state index is -0.152. The highest BCUT2D eigenvalue weighted by atomic mass is 32.2. The molecule has 23 heavy (non-hydrogen) atoms. The first kappa shape index (κ1) is 17.4. The Kier molecular flexibility index (Phi) is 6.53. The average molecular weight is 329 g/mol. The molecule has 0 aromatic heterocycles. The predicted molar refractivity (Wildman–Crippen MR) is 95.9 cm³/mol. The molecule has 2 aromatic rings. The molecule has 0 fully saturated rings. The summed E-state index contributed by atoms with van der Waals surface area (Å²) in [7, 11) is 1.65. The summed E-state index contributed by atoms with van der Waals surface area (Å²) in [5.41, 5.74) is 1.14. The van der Waals surface area contributed by atoms with Gasteiger partial charge in [0.15, 0.2) is 0 Å². The minimum Gasteiger partial charge on any atom is -0.497 e. The summed E-state index contributed by atoms with van der Waals surface area (Å²) in [6.07, 6.45) is 0.871. The standard InChI is InChI=1S/C19H23NO2S/c1-4-18(15-8-6-5-7-9-15)20-19(21)14(2)23-17-12-10-16(22-3)11-13-17/h5-14,18H,4H2,1-3H3,(H,20,21). The Balaban J connectivity index is 1.95. The summed E-state index contributed by atoms with van der Waals surface area (Å²) in [4.78, 5) is 13.5. The van der Waals surface area contributed by atoms with Gasteiger partial charge < -0.3 is 10.1 Å². The van der Waals surface area contributed by atoms with Crippen molar-refractivity contribution in [2.45, 2.75) is 36.5 Å². The molecule has 2 atom stereocenters. The molecule has 2 unspecified atom stereocenters. The maximum atomic E-state index is 12.5. The Morgan fingerprint density at radius 2 is 1.78 bits per heavy atom. The van der Waals surface area contributed by atoms with E-state index in [1.54, 1.807) is 18.9 Å². The third-order valence-electron chi connectivity index (χ3n) is 3.67. The largest absolute Gasteiger partial charge is 0.497 e. The van der Waals surface area contributed by atoms with Crippen molar-refractivity contribution in [1.29, 1.82) is 0 Å². The first-order chi connectivity index (χ1) is 11.1. The van der Waals surface area contributed by atoms with Crippen molar-refractivity contribution in [2.24, 2.45) is 0 Å². The van der Waals surface area contributed by atoms with Crippen molar-refractivity contribution in [3.63, 3.8) is 0 Å². The first-order valence-corrected chi connectivity index (χ1v) is 8.68. The Bertz CT molecular complexity index is 613. The smallest absolute Gasteiger partial charge is 0.233 e. The fourth-order valence-corrected chi connectivity index (χ4v) is 3.18. The normalized spacial score (nSPS) is 13.2. The number of ether oxygens (including phenoxy) is 1. The number of thioether (sulfide) groups is 1. The van der Waals surface area contributed by atoms with E-state index in [-0.39, 0.29) is 17.2 Å². The van der Waals surface area contributed by atoms with E-state index in [4.69, 9.17) is 4.74 Å². The Morgan fingerprint density at radius 3 is 2.35 bits per heavy atom. The van der Waals surface area contributed by atoms with E-state index in [1.807, 2.05) is 49.4 Å². The second-order valence-electron chi connectivity index (χ2n) is 5.32. The average Bonchev–Trinajstić information content (AvgIpc) is 2.60. The van der Waals surface area contributed by atoms with Crippen molar-refractivity contribution in [3.05, 3.63) is 60.2 Å². The zero-order chi connectivity index (χ0) is 16.7. The van der Waals surface area contributed by atoms with Gasteiger partial charge in [-0.05, 0) is 43.2 Å². The number of hydrogen-bond acceptors (Lipinski definition) is 3. The molecule has 1 amide bonds. The predicted octanol–water partition coefficient (Wildman–Crippen LogP) is 4.44. The molecule has 3 nitrogen and oxygen atoms in total. The van der Waals surface area contributed by atoms with Crippen molar-refractivity contribution in [3.8, 4) is 5.75 Å². The first-order valence-electron chi connectivity index (χ1n) is 7.80. The van der Waals surface area contributed by atoms with Crippen LogP contribution in [-0.2, 0) is 4.79 Å². The van der Waals surface area contributed by atoms with Crippen LogP contribution in [0.2, 0.25) is 0 Å². The van der Waals surface area contributed by atoms with Crippen molar-refractivity contribution in [1.82, 2.24) is 5.32 Å². The highest BCUT2D eigenvalue weighted by Crippen LogP contribution is 2.26. The molecule has 0 saturated heterocycles. The van der Waals surface area contributed by atoms with Gasteiger partial charge >= 0.3 is 0 Å². The molecule has 0 heterocycles. The third kappa shape index (κ3) is 5.03. The SMILES string of the molecule is CCC(NC(=O)C(C)Sc1ccc(OC)cc1)c1ccccc1. The monoisotopic (exact) mass is 329 g/mol. The van der Waals surface area contributed by atoms with Crippen LogP contribution in [0.1, 0.15) is 31.9 Å². The topological polar surface area (TPSA) is 38.3 Å². The molecule has 0 saturated carbocycles. The van der Waals surface area contributed by atoms with Crippen molar-refractivity contribution in [2.75, 3.05) is 7.11 Å². The van der Waals surface area contributed by atoms with Crippen LogP contribution in [0.5, 0.6) is 5.75 Å². The fourth-order valence-electron chi connectivity index (χ4n) is 2.31. The maximum Gasteiger partial charge on any atom is 0.233 e. The van der Waals surface area contributed by atoms with E-state index in [1.165, 1.54) is 0 Å². The second-order valence-corrected chi connectivity index (χ2v) is 6.73. The molecular weight excluding hydrogens is 306 g/mol. The summed E-state index contributed by atoms with van der Waals surface area (Å²) in [5, 5.41) is 2.99. The van der Waals surface area contributed by atoms with Crippen molar-refractivity contribution >= 4 is 17.7 Å². The lowest BCUT2D eigenvalue weighted by Gasteiger charge is -2.20. The summed E-state index contributed by atoms with van der Waals surface area (Å²) in [6, 6.07) is 17.9. The van der Waals surface area contributed by atoms with Crippen LogP contribution in [0.4, 0.5) is 0 Å². The second kappa shape index (κ2) is 8.63. The van der Waals surface area contributed by atoms with E-state index in [0.717, 1.165) is 22.6 Å². The number of carbonyl (C=O) groups is 1. The number of nitrogens with one attached hydrogen (secondary N) is 1. The molecule has 2 aromatic carbocycles. The summed E-state index contributed by atoms with van der Waals surface area (Å²) < 4.78 is 5.15. The molecule has 0 bridgehead atoms. The summed E-state index contributed by atoms with van der Waals surface area (Å²) >= 11 is 1.55. The summed E-state index contributed by atoms with van der Waals surface area (Å²) in [6.45, 7) is 4.02. The van der Waals surface area contributed by atoms with E-state index < -0.39 is 0 Å². The molecule has 2 rings (SSSR count). The quantitative estimate of drug-likeness (QED) is 0.763. The third-order valence-corrected chi connectivity index (χ3v) is 4.78. The number of amides is 1. The zero-order valence-electron chi connectivity index (χ0n) is 13.8. The molecule has 0 radical (unpaired) electrons. The lowest BCUT2D eigenvalue weighted by Crippen LogP contribution is -2.34. The van der Waals surface area contributed by atoms with Gasteiger partial charge in [-0.15, -0.1) is 11.8 Å². The van der Waals surface area contributed by atoms with Crippen LogP contribution < -0.4 is 10.1 Å². The zero-order valence-corrected chi connectivity index (χ0v) is 14.6. The molecule has 4 heteroatoms. The maximum absolute atomic E-state index is 12.5. The van der Waals surface area contributed by atoms with Gasteiger partial charge in [0.05, 0.1) is 18.4 Å². The fraction of sp³-hybridized carbons (Fsp3) is 0.316. The molecule has 0 aliphatic rings. The molecule has 0 aliphatic heterocycles. The van der Waals surface area contributed by atoms with E-state index in [2.05, 4.69) is 24.4 Å². The number of methoxy groups -OCH3 is 1. The Morgan fingerprint density at radius 1 is 1.13 bits per heavy atom. The minimum absolute atomic E-state index is 0.0570. The van der Waals surface area contributed by atoms with Gasteiger partial charge in [-0.2, -0.15) is 0 Å². The van der Waals surface area contributed by atoms with Crippen LogP contribution in [0.25, 0.3) is 0 Å². The lowest BCUT2D eigenvalue weighted by molar-refractivity contribution is -0.121. The highest BCUT2D eigenvalue weighted by molar-refractivity contribution is 8.00. The lowest BCUT2D eigenvalue weighted by atomic mass is 10.0. The number of benzene rings is 2. The van der Waals surface area contributed by atoms with Crippen molar-refractivity contribution < 1.29 is 9.53 Å². The summed E-state index contributed by atoms with van der Waals surface area (Å²) in [5.74, 6) is 0.878. The molecular formula is C19H23NO2S. The van der Waals surface area contributed by atoms with Gasteiger partial charge in [0, 0.05) is 4.90 Å². The van der Waals surface area contributed by atoms with Crippen LogP contribution >= 0.6 is 11.8 Å². The van der Waals surface area contributed by atoms with Crippen LogP contribution in [0.15, 0.2) is 59.5 Å². The van der Waals surface area contributed by atoms with Crippen LogP contribution in [0, 0.1) is 0 Å². The van der Waals surface area contributed by atoms with E-state index in [0.29, 0.717) is 0 Å². The Labute approximate surface area is 142 Å². The molecule has 0 spiro atoms. The highest BCUT2D eigenvalue weighted by Gasteiger charge is 2.18. The van der Waals surface area contributed by atoms with Gasteiger partial charge in [-0.1, -0.05) is 37.3 Å². The number of hydrogen-bond donors (Lipinski definition) is 1.